The van der Waals surface area contributed by atoms with Crippen molar-refractivity contribution in [1.29, 1.82) is 0 Å². The number of rotatable bonds is 4. The number of nitrogens with one attached hydrogen (secondary N) is 2. The minimum absolute atomic E-state index is 0.175. The fraction of sp³-hybridized carbons (Fsp3) is 0.333. The van der Waals surface area contributed by atoms with Gasteiger partial charge in [0.1, 0.15) is 11.9 Å². The highest BCUT2D eigenvalue weighted by molar-refractivity contribution is 8.15. The molecule has 7 nitrogen and oxygen atoms in total. The number of carbonyl (C=O) groups is 1. The van der Waals surface area contributed by atoms with E-state index in [-0.39, 0.29) is 17.6 Å². The van der Waals surface area contributed by atoms with Crippen LogP contribution in [0.15, 0.2) is 59.6 Å². The molecule has 1 fully saturated rings. The number of carbonyl (C=O) groups excluding carboxylic acids is 1. The molecule has 0 bridgehead atoms. The van der Waals surface area contributed by atoms with Gasteiger partial charge in [0, 0.05) is 16.6 Å². The molecule has 1 saturated carbocycles. The Morgan fingerprint density at radius 1 is 1.10 bits per heavy atom. The summed E-state index contributed by atoms with van der Waals surface area (Å²) >= 11 is 1.43. The average molecular weight is 413 g/mol. The molecule has 4 N–H and O–H groups in total. The first kappa shape index (κ1) is 19.8. The van der Waals surface area contributed by atoms with E-state index in [2.05, 4.69) is 15.6 Å². The number of hydrogen-bond acceptors (Lipinski definition) is 7. The van der Waals surface area contributed by atoms with Crippen molar-refractivity contribution in [3.8, 4) is 5.75 Å². The number of benzene rings is 2. The normalized spacial score (nSPS) is 28.2. The molecule has 152 valence electrons. The molecule has 0 radical (unpaired) electrons. The van der Waals surface area contributed by atoms with Gasteiger partial charge in [-0.25, -0.2) is 0 Å². The number of hydrogen-bond donors (Lipinski definition) is 4. The number of methoxy groups -OCH3 is 1. The fourth-order valence-corrected chi connectivity index (χ4v) is 5.04. The van der Waals surface area contributed by atoms with Gasteiger partial charge in [-0.3, -0.25) is 9.79 Å². The van der Waals surface area contributed by atoms with Gasteiger partial charge in [-0.1, -0.05) is 30.0 Å². The third-order valence-electron chi connectivity index (χ3n) is 5.21. The van der Waals surface area contributed by atoms with Crippen LogP contribution >= 0.6 is 11.8 Å². The lowest BCUT2D eigenvalue weighted by Gasteiger charge is -2.37. The van der Waals surface area contributed by atoms with Crippen molar-refractivity contribution in [1.82, 2.24) is 0 Å². The van der Waals surface area contributed by atoms with Crippen LogP contribution in [-0.4, -0.2) is 51.9 Å². The van der Waals surface area contributed by atoms with Crippen LogP contribution in [0.2, 0.25) is 0 Å². The molecule has 2 aliphatic rings. The average Bonchev–Trinajstić information content (AvgIpc) is 3.16. The summed E-state index contributed by atoms with van der Waals surface area (Å²) in [5.74, 6) is 0.106. The predicted octanol–water partition coefficient (Wildman–Crippen LogP) is 2.33. The standard InChI is InChI=1S/C21H23N3O4S/c1-28-14-9-7-13(8-10-14)23-21-24-17-18(26)16(25)11-15(19(17)29-21)20(27)22-12-5-3-2-4-6-12/h2-10,15-19,25-26H,11H2,1H3,(H,22,27)(H,23,24)/t15-,16+,17-,18-,19+/m0/s1. The molecule has 0 unspecified atom stereocenters. The quantitative estimate of drug-likeness (QED) is 0.614. The van der Waals surface area contributed by atoms with Crippen LogP contribution in [-0.2, 0) is 4.79 Å². The molecule has 5 atom stereocenters. The van der Waals surface area contributed by atoms with Gasteiger partial charge in [-0.2, -0.15) is 0 Å². The summed E-state index contributed by atoms with van der Waals surface area (Å²) in [4.78, 5) is 17.5. The minimum atomic E-state index is -0.997. The van der Waals surface area contributed by atoms with Crippen LogP contribution in [0.1, 0.15) is 6.42 Å². The van der Waals surface area contributed by atoms with Crippen molar-refractivity contribution in [3.05, 3.63) is 54.6 Å². The van der Waals surface area contributed by atoms with Gasteiger partial charge >= 0.3 is 0 Å². The highest BCUT2D eigenvalue weighted by Crippen LogP contribution is 2.41. The summed E-state index contributed by atoms with van der Waals surface area (Å²) in [6.45, 7) is 0. The number of nitrogens with zero attached hydrogens (tertiary/aromatic N) is 1. The van der Waals surface area contributed by atoms with Crippen LogP contribution < -0.4 is 15.4 Å². The third kappa shape index (κ3) is 4.24. The molecule has 4 rings (SSSR count). The molecule has 0 saturated heterocycles. The van der Waals surface area contributed by atoms with E-state index in [1.807, 2.05) is 54.6 Å². The highest BCUT2D eigenvalue weighted by atomic mass is 32.2. The van der Waals surface area contributed by atoms with Gasteiger partial charge in [0.05, 0.1) is 25.2 Å². The van der Waals surface area contributed by atoms with E-state index >= 15 is 0 Å². The maximum atomic E-state index is 12.9. The molecule has 0 aromatic heterocycles. The van der Waals surface area contributed by atoms with Gasteiger partial charge in [0.2, 0.25) is 5.91 Å². The second kappa shape index (κ2) is 8.44. The van der Waals surface area contributed by atoms with Crippen molar-refractivity contribution in [3.63, 3.8) is 0 Å². The van der Waals surface area contributed by atoms with Crippen molar-refractivity contribution >= 4 is 34.2 Å². The number of aliphatic imine (C=N–C) groups is 1. The van der Waals surface area contributed by atoms with Crippen LogP contribution in [0.3, 0.4) is 0 Å². The molecule has 0 spiro atoms. The number of aliphatic hydroxyl groups excluding tert-OH is 2. The smallest absolute Gasteiger partial charge is 0.228 e. The van der Waals surface area contributed by atoms with E-state index in [4.69, 9.17) is 4.74 Å². The van der Waals surface area contributed by atoms with E-state index in [0.29, 0.717) is 10.9 Å². The van der Waals surface area contributed by atoms with Crippen LogP contribution in [0.5, 0.6) is 5.75 Å². The molecule has 2 aromatic carbocycles. The first-order valence-corrected chi connectivity index (χ1v) is 10.3. The summed E-state index contributed by atoms with van der Waals surface area (Å²) in [5, 5.41) is 27.2. The predicted molar refractivity (Wildman–Crippen MR) is 114 cm³/mol. The molecule has 1 heterocycles. The lowest BCUT2D eigenvalue weighted by Crippen LogP contribution is -2.52. The topological polar surface area (TPSA) is 103 Å². The fourth-order valence-electron chi connectivity index (χ4n) is 3.66. The lowest BCUT2D eigenvalue weighted by molar-refractivity contribution is -0.124. The second-order valence-corrected chi connectivity index (χ2v) is 8.28. The first-order chi connectivity index (χ1) is 14.0. The number of aliphatic hydroxyl groups is 2. The van der Waals surface area contributed by atoms with Crippen molar-refractivity contribution in [2.24, 2.45) is 10.9 Å². The number of amides is 1. The van der Waals surface area contributed by atoms with Gasteiger partial charge in [0.15, 0.2) is 5.17 Å². The van der Waals surface area contributed by atoms with Gasteiger partial charge in [-0.15, -0.1) is 0 Å². The Balaban J connectivity index is 1.49. The Morgan fingerprint density at radius 3 is 2.52 bits per heavy atom. The minimum Gasteiger partial charge on any atom is -0.497 e. The maximum absolute atomic E-state index is 12.9. The first-order valence-electron chi connectivity index (χ1n) is 9.43. The molecule has 1 aliphatic carbocycles. The molecule has 1 amide bonds. The molecule has 29 heavy (non-hydrogen) atoms. The molecular weight excluding hydrogens is 390 g/mol. The summed E-state index contributed by atoms with van der Waals surface area (Å²) in [6.07, 6.45) is -1.80. The second-order valence-electron chi connectivity index (χ2n) is 7.12. The van der Waals surface area contributed by atoms with Crippen LogP contribution in [0.25, 0.3) is 0 Å². The van der Waals surface area contributed by atoms with Crippen LogP contribution in [0.4, 0.5) is 11.4 Å². The number of ether oxygens (including phenoxy) is 1. The van der Waals surface area contributed by atoms with Gasteiger partial charge in [0.25, 0.3) is 0 Å². The Labute approximate surface area is 173 Å². The molecule has 8 heteroatoms. The number of fused-ring (bicyclic) bond motifs is 1. The number of anilines is 2. The lowest BCUT2D eigenvalue weighted by atomic mass is 9.81. The summed E-state index contributed by atoms with van der Waals surface area (Å²) in [5.41, 5.74) is 1.53. The largest absolute Gasteiger partial charge is 0.497 e. The Kier molecular flexibility index (Phi) is 5.75. The summed E-state index contributed by atoms with van der Waals surface area (Å²) in [6, 6.07) is 16.1. The number of para-hydroxylation sites is 1. The molecule has 1 aliphatic heterocycles. The highest BCUT2D eigenvalue weighted by Gasteiger charge is 2.50. The monoisotopic (exact) mass is 413 g/mol. The summed E-state index contributed by atoms with van der Waals surface area (Å²) < 4.78 is 5.16. The van der Waals surface area contributed by atoms with Crippen molar-refractivity contribution in [2.45, 2.75) is 29.9 Å². The van der Waals surface area contributed by atoms with Crippen LogP contribution in [0, 0.1) is 5.92 Å². The van der Waals surface area contributed by atoms with E-state index in [1.54, 1.807) is 7.11 Å². The van der Waals surface area contributed by atoms with Crippen molar-refractivity contribution in [2.75, 3.05) is 17.7 Å². The SMILES string of the molecule is COc1ccc(NC2=N[C@H]3[C@@H](O)[C@H](O)C[C@H](C(=O)Nc4ccccc4)[C@H]3S2)cc1. The zero-order chi connectivity index (χ0) is 20.4. The van der Waals surface area contributed by atoms with E-state index in [0.717, 1.165) is 11.4 Å². The van der Waals surface area contributed by atoms with E-state index < -0.39 is 24.2 Å². The Hall–Kier alpha value is -2.55. The van der Waals surface area contributed by atoms with E-state index in [1.165, 1.54) is 11.8 Å². The maximum Gasteiger partial charge on any atom is 0.228 e. The third-order valence-corrected chi connectivity index (χ3v) is 6.52. The Bertz CT molecular complexity index is 891. The number of amidine groups is 1. The zero-order valence-corrected chi connectivity index (χ0v) is 16.7. The van der Waals surface area contributed by atoms with Crippen molar-refractivity contribution < 1.29 is 19.7 Å². The van der Waals surface area contributed by atoms with Gasteiger partial charge in [-0.05, 0) is 42.8 Å². The number of thioether (sulfide) groups is 1. The molecular formula is C21H23N3O4S. The van der Waals surface area contributed by atoms with Gasteiger partial charge < -0.3 is 25.6 Å². The summed E-state index contributed by atoms with van der Waals surface area (Å²) in [7, 11) is 1.61. The zero-order valence-electron chi connectivity index (χ0n) is 15.9. The van der Waals surface area contributed by atoms with E-state index in [9.17, 15) is 15.0 Å². The molecule has 2 aromatic rings. The Morgan fingerprint density at radius 2 is 1.83 bits per heavy atom.